The standard InChI is InChI=1S/C11H15ClN2O4S/c1-2-3-4-10(11(15)16)14-19(17,18)9-5-8(12)6-13-7-9/h5-7,10,14H,2-4H2,1H3,(H,15,16)/t10-/m0/s1. The number of unbranched alkanes of at least 4 members (excludes halogenated alkanes) is 1. The second-order valence-corrected chi connectivity index (χ2v) is 6.14. The first kappa shape index (κ1) is 15.9. The van der Waals surface area contributed by atoms with Gasteiger partial charge in [0.2, 0.25) is 10.0 Å². The minimum atomic E-state index is -3.94. The zero-order valence-corrected chi connectivity index (χ0v) is 11.9. The van der Waals surface area contributed by atoms with Gasteiger partial charge in [-0.2, -0.15) is 4.72 Å². The van der Waals surface area contributed by atoms with Crippen molar-refractivity contribution in [1.82, 2.24) is 9.71 Å². The number of pyridine rings is 1. The molecule has 0 aliphatic rings. The zero-order valence-electron chi connectivity index (χ0n) is 10.3. The van der Waals surface area contributed by atoms with E-state index in [9.17, 15) is 13.2 Å². The number of rotatable bonds is 7. The van der Waals surface area contributed by atoms with Gasteiger partial charge in [-0.1, -0.05) is 31.4 Å². The highest BCUT2D eigenvalue weighted by molar-refractivity contribution is 7.89. The highest BCUT2D eigenvalue weighted by atomic mass is 35.5. The summed E-state index contributed by atoms with van der Waals surface area (Å²) in [7, 11) is -3.94. The molecule has 0 fully saturated rings. The third-order valence-corrected chi connectivity index (χ3v) is 4.08. The van der Waals surface area contributed by atoms with Crippen LogP contribution in [-0.4, -0.2) is 30.5 Å². The first-order valence-corrected chi connectivity index (χ1v) is 7.58. The summed E-state index contributed by atoms with van der Waals surface area (Å²) in [5.41, 5.74) is 0. The average molecular weight is 307 g/mol. The highest BCUT2D eigenvalue weighted by Gasteiger charge is 2.25. The maximum absolute atomic E-state index is 12.0. The van der Waals surface area contributed by atoms with Gasteiger partial charge >= 0.3 is 5.97 Å². The lowest BCUT2D eigenvalue weighted by atomic mass is 10.1. The van der Waals surface area contributed by atoms with Crippen molar-refractivity contribution in [1.29, 1.82) is 0 Å². The molecule has 0 saturated carbocycles. The van der Waals surface area contributed by atoms with Gasteiger partial charge in [0.25, 0.3) is 0 Å². The molecule has 0 spiro atoms. The minimum absolute atomic E-state index is 0.150. The van der Waals surface area contributed by atoms with Crippen LogP contribution in [0.5, 0.6) is 0 Å². The van der Waals surface area contributed by atoms with E-state index in [1.807, 2.05) is 6.92 Å². The molecule has 0 unspecified atom stereocenters. The largest absolute Gasteiger partial charge is 0.480 e. The predicted octanol–water partition coefficient (Wildman–Crippen LogP) is 1.66. The Labute approximate surface area is 116 Å². The van der Waals surface area contributed by atoms with Gasteiger partial charge in [0.1, 0.15) is 10.9 Å². The number of halogens is 1. The molecule has 1 aromatic heterocycles. The van der Waals surface area contributed by atoms with Gasteiger partial charge in [-0.3, -0.25) is 9.78 Å². The SMILES string of the molecule is CCCC[C@H](NS(=O)(=O)c1cncc(Cl)c1)C(=O)O. The van der Waals surface area contributed by atoms with Crippen LogP contribution in [0.4, 0.5) is 0 Å². The number of hydrogen-bond donors (Lipinski definition) is 2. The van der Waals surface area contributed by atoms with Crippen molar-refractivity contribution in [2.75, 3.05) is 0 Å². The Kier molecular flexibility index (Phi) is 5.71. The molecule has 0 amide bonds. The molecule has 19 heavy (non-hydrogen) atoms. The van der Waals surface area contributed by atoms with Crippen molar-refractivity contribution in [3.05, 3.63) is 23.5 Å². The van der Waals surface area contributed by atoms with Crippen molar-refractivity contribution in [2.24, 2.45) is 0 Å². The fraction of sp³-hybridized carbons (Fsp3) is 0.455. The van der Waals surface area contributed by atoms with Gasteiger partial charge in [-0.25, -0.2) is 8.42 Å². The van der Waals surface area contributed by atoms with Gasteiger partial charge in [-0.05, 0) is 12.5 Å². The number of nitrogens with one attached hydrogen (secondary N) is 1. The van der Waals surface area contributed by atoms with Crippen LogP contribution in [0.2, 0.25) is 5.02 Å². The molecule has 0 radical (unpaired) electrons. The lowest BCUT2D eigenvalue weighted by Crippen LogP contribution is -2.40. The third-order valence-electron chi connectivity index (χ3n) is 2.43. The number of carbonyl (C=O) groups is 1. The average Bonchev–Trinajstić information content (AvgIpc) is 2.34. The fourth-order valence-electron chi connectivity index (χ4n) is 1.44. The first-order valence-electron chi connectivity index (χ1n) is 5.72. The number of nitrogens with zero attached hydrogens (tertiary/aromatic N) is 1. The van der Waals surface area contributed by atoms with Crippen LogP contribution in [-0.2, 0) is 14.8 Å². The van der Waals surface area contributed by atoms with Crippen molar-refractivity contribution in [3.63, 3.8) is 0 Å². The van der Waals surface area contributed by atoms with Crippen molar-refractivity contribution in [2.45, 2.75) is 37.1 Å². The Balaban J connectivity index is 2.91. The van der Waals surface area contributed by atoms with E-state index in [0.717, 1.165) is 12.6 Å². The van der Waals surface area contributed by atoms with E-state index >= 15 is 0 Å². The summed E-state index contributed by atoms with van der Waals surface area (Å²) in [6, 6.07) is 0.0687. The highest BCUT2D eigenvalue weighted by Crippen LogP contribution is 2.14. The van der Waals surface area contributed by atoms with E-state index in [1.54, 1.807) is 0 Å². The molecule has 1 heterocycles. The Morgan fingerprint density at radius 2 is 2.21 bits per heavy atom. The molecule has 0 aromatic carbocycles. The van der Waals surface area contributed by atoms with Crippen molar-refractivity contribution >= 4 is 27.6 Å². The summed E-state index contributed by atoms with van der Waals surface area (Å²) in [5, 5.41) is 9.17. The van der Waals surface area contributed by atoms with Crippen molar-refractivity contribution < 1.29 is 18.3 Å². The van der Waals surface area contributed by atoms with E-state index in [-0.39, 0.29) is 16.3 Å². The Hall–Kier alpha value is -1.18. The van der Waals surface area contributed by atoms with E-state index in [0.29, 0.717) is 6.42 Å². The molecule has 1 aromatic rings. The Bertz CT molecular complexity index is 547. The number of hydrogen-bond acceptors (Lipinski definition) is 4. The molecular formula is C11H15ClN2O4S. The summed E-state index contributed by atoms with van der Waals surface area (Å²) in [6.45, 7) is 1.90. The molecule has 8 heteroatoms. The summed E-state index contributed by atoms with van der Waals surface area (Å²) in [5.74, 6) is -1.20. The van der Waals surface area contributed by atoms with Crippen LogP contribution in [0, 0.1) is 0 Å². The van der Waals surface area contributed by atoms with Crippen LogP contribution in [0.15, 0.2) is 23.4 Å². The maximum Gasteiger partial charge on any atom is 0.321 e. The fourth-order valence-corrected chi connectivity index (χ4v) is 2.89. The van der Waals surface area contributed by atoms with Crippen LogP contribution in [0.1, 0.15) is 26.2 Å². The van der Waals surface area contributed by atoms with Crippen LogP contribution < -0.4 is 4.72 Å². The number of carboxylic acids is 1. The molecule has 106 valence electrons. The number of aliphatic carboxylic acids is 1. The van der Waals surface area contributed by atoms with Crippen LogP contribution >= 0.6 is 11.6 Å². The molecular weight excluding hydrogens is 292 g/mol. The van der Waals surface area contributed by atoms with Crippen LogP contribution in [0.3, 0.4) is 0 Å². The quantitative estimate of drug-likeness (QED) is 0.798. The smallest absolute Gasteiger partial charge is 0.321 e. The number of sulfonamides is 1. The lowest BCUT2D eigenvalue weighted by Gasteiger charge is -2.14. The van der Waals surface area contributed by atoms with Gasteiger partial charge in [0.15, 0.2) is 0 Å². The molecule has 1 rings (SSSR count). The molecule has 0 saturated heterocycles. The number of carboxylic acid groups (broad SMARTS) is 1. The van der Waals surface area contributed by atoms with Gasteiger partial charge in [0, 0.05) is 12.4 Å². The van der Waals surface area contributed by atoms with E-state index in [4.69, 9.17) is 16.7 Å². The topological polar surface area (TPSA) is 96.4 Å². The Morgan fingerprint density at radius 1 is 1.53 bits per heavy atom. The summed E-state index contributed by atoms with van der Waals surface area (Å²) in [6.07, 6.45) is 4.05. The van der Waals surface area contributed by atoms with Gasteiger partial charge < -0.3 is 5.11 Å². The molecule has 2 N–H and O–H groups in total. The summed E-state index contributed by atoms with van der Waals surface area (Å²) >= 11 is 5.66. The summed E-state index contributed by atoms with van der Waals surface area (Å²) in [4.78, 5) is 14.5. The van der Waals surface area contributed by atoms with E-state index in [2.05, 4.69) is 9.71 Å². The van der Waals surface area contributed by atoms with Gasteiger partial charge in [-0.15, -0.1) is 0 Å². The normalized spacial score (nSPS) is 13.2. The van der Waals surface area contributed by atoms with Crippen molar-refractivity contribution in [3.8, 4) is 0 Å². The first-order chi connectivity index (χ1) is 8.86. The Morgan fingerprint density at radius 3 is 2.74 bits per heavy atom. The second kappa shape index (κ2) is 6.83. The van der Waals surface area contributed by atoms with E-state index < -0.39 is 22.0 Å². The zero-order chi connectivity index (χ0) is 14.5. The minimum Gasteiger partial charge on any atom is -0.480 e. The lowest BCUT2D eigenvalue weighted by molar-refractivity contribution is -0.139. The molecule has 0 aliphatic heterocycles. The second-order valence-electron chi connectivity index (χ2n) is 3.99. The molecule has 0 bridgehead atoms. The number of aromatic nitrogens is 1. The predicted molar refractivity (Wildman–Crippen MR) is 70.5 cm³/mol. The molecule has 0 aliphatic carbocycles. The van der Waals surface area contributed by atoms with E-state index in [1.165, 1.54) is 12.3 Å². The molecule has 6 nitrogen and oxygen atoms in total. The monoisotopic (exact) mass is 306 g/mol. The van der Waals surface area contributed by atoms with Crippen LogP contribution in [0.25, 0.3) is 0 Å². The third kappa shape index (κ3) is 4.77. The summed E-state index contributed by atoms with van der Waals surface area (Å²) < 4.78 is 26.1. The van der Waals surface area contributed by atoms with Gasteiger partial charge in [0.05, 0.1) is 5.02 Å². The maximum atomic E-state index is 12.0. The molecule has 1 atom stereocenters.